The van der Waals surface area contributed by atoms with E-state index in [0.29, 0.717) is 13.0 Å². The van der Waals surface area contributed by atoms with E-state index >= 15 is 0 Å². The molecule has 0 atom stereocenters. The van der Waals surface area contributed by atoms with Crippen LogP contribution in [0.25, 0.3) is 0 Å². The van der Waals surface area contributed by atoms with Gasteiger partial charge in [0.05, 0.1) is 0 Å². The van der Waals surface area contributed by atoms with Crippen LogP contribution in [0.1, 0.15) is 23.7 Å². The standard InChI is InChI=1S/C12H13F2NO/c1-2-3-4-7-15-12(16)9-5-6-10(13)11(14)8-9/h2-3,5-6,8H,4,7H2,1H3,(H,15,16)/b3-2+. The molecule has 1 N–H and O–H groups in total. The van der Waals surface area contributed by atoms with Crippen molar-refractivity contribution < 1.29 is 13.6 Å². The summed E-state index contributed by atoms with van der Waals surface area (Å²) in [5, 5.41) is 2.60. The lowest BCUT2D eigenvalue weighted by Gasteiger charge is -2.03. The molecule has 0 spiro atoms. The zero-order valence-electron chi connectivity index (χ0n) is 8.97. The van der Waals surface area contributed by atoms with Crippen LogP contribution < -0.4 is 5.32 Å². The van der Waals surface area contributed by atoms with E-state index in [2.05, 4.69) is 5.32 Å². The molecule has 86 valence electrons. The summed E-state index contributed by atoms with van der Waals surface area (Å²) < 4.78 is 25.4. The van der Waals surface area contributed by atoms with Crippen LogP contribution in [-0.4, -0.2) is 12.5 Å². The van der Waals surface area contributed by atoms with E-state index in [4.69, 9.17) is 0 Å². The Labute approximate surface area is 93.0 Å². The summed E-state index contributed by atoms with van der Waals surface area (Å²) in [6, 6.07) is 3.08. The highest BCUT2D eigenvalue weighted by Crippen LogP contribution is 2.08. The molecule has 0 radical (unpaired) electrons. The van der Waals surface area contributed by atoms with E-state index in [1.165, 1.54) is 6.07 Å². The number of hydrogen-bond acceptors (Lipinski definition) is 1. The van der Waals surface area contributed by atoms with Gasteiger partial charge in [-0.05, 0) is 31.5 Å². The fraction of sp³-hybridized carbons (Fsp3) is 0.250. The fourth-order valence-electron chi connectivity index (χ4n) is 1.18. The molecule has 1 amide bonds. The van der Waals surface area contributed by atoms with Gasteiger partial charge < -0.3 is 5.32 Å². The minimum Gasteiger partial charge on any atom is -0.352 e. The number of nitrogens with one attached hydrogen (secondary N) is 1. The van der Waals surface area contributed by atoms with Crippen molar-refractivity contribution in [2.45, 2.75) is 13.3 Å². The minimum absolute atomic E-state index is 0.124. The van der Waals surface area contributed by atoms with Gasteiger partial charge in [0.2, 0.25) is 0 Å². The molecular formula is C12H13F2NO. The smallest absolute Gasteiger partial charge is 0.251 e. The molecule has 16 heavy (non-hydrogen) atoms. The van der Waals surface area contributed by atoms with Crippen LogP contribution in [0, 0.1) is 11.6 Å². The van der Waals surface area contributed by atoms with Crippen LogP contribution in [0.4, 0.5) is 8.78 Å². The van der Waals surface area contributed by atoms with Gasteiger partial charge in [-0.3, -0.25) is 4.79 Å². The number of hydrogen-bond donors (Lipinski definition) is 1. The van der Waals surface area contributed by atoms with Gasteiger partial charge in [-0.2, -0.15) is 0 Å². The van der Waals surface area contributed by atoms with Crippen molar-refractivity contribution in [3.63, 3.8) is 0 Å². The van der Waals surface area contributed by atoms with E-state index in [-0.39, 0.29) is 5.56 Å². The summed E-state index contributed by atoms with van der Waals surface area (Å²) in [7, 11) is 0. The monoisotopic (exact) mass is 225 g/mol. The molecule has 0 bridgehead atoms. The van der Waals surface area contributed by atoms with Gasteiger partial charge in [0.15, 0.2) is 11.6 Å². The summed E-state index contributed by atoms with van der Waals surface area (Å²) >= 11 is 0. The first-order chi connectivity index (χ1) is 7.65. The molecule has 0 aliphatic carbocycles. The van der Waals surface area contributed by atoms with E-state index < -0.39 is 17.5 Å². The molecule has 4 heteroatoms. The topological polar surface area (TPSA) is 29.1 Å². The van der Waals surface area contributed by atoms with E-state index in [9.17, 15) is 13.6 Å². The number of halogens is 2. The molecular weight excluding hydrogens is 212 g/mol. The highest BCUT2D eigenvalue weighted by Gasteiger charge is 2.08. The zero-order valence-corrected chi connectivity index (χ0v) is 8.97. The Morgan fingerprint density at radius 1 is 1.38 bits per heavy atom. The molecule has 1 rings (SSSR count). The average molecular weight is 225 g/mol. The molecule has 0 unspecified atom stereocenters. The molecule has 0 aromatic heterocycles. The highest BCUT2D eigenvalue weighted by molar-refractivity contribution is 5.94. The van der Waals surface area contributed by atoms with Crippen molar-refractivity contribution in [3.05, 3.63) is 47.5 Å². The van der Waals surface area contributed by atoms with Gasteiger partial charge in [0, 0.05) is 12.1 Å². The lowest BCUT2D eigenvalue weighted by atomic mass is 10.2. The Morgan fingerprint density at radius 3 is 2.75 bits per heavy atom. The van der Waals surface area contributed by atoms with Crippen LogP contribution >= 0.6 is 0 Å². The lowest BCUT2D eigenvalue weighted by molar-refractivity contribution is 0.0954. The minimum atomic E-state index is -1.01. The molecule has 1 aromatic carbocycles. The molecule has 0 saturated heterocycles. The number of allylic oxidation sites excluding steroid dienone is 1. The average Bonchev–Trinajstić information content (AvgIpc) is 2.28. The lowest BCUT2D eigenvalue weighted by Crippen LogP contribution is -2.24. The fourth-order valence-corrected chi connectivity index (χ4v) is 1.18. The number of amides is 1. The third-order valence-electron chi connectivity index (χ3n) is 2.01. The molecule has 0 heterocycles. The first-order valence-corrected chi connectivity index (χ1v) is 4.99. The molecule has 0 saturated carbocycles. The van der Waals surface area contributed by atoms with Crippen LogP contribution in [-0.2, 0) is 0 Å². The molecule has 0 aliphatic rings. The van der Waals surface area contributed by atoms with Crippen molar-refractivity contribution >= 4 is 5.91 Å². The van der Waals surface area contributed by atoms with Crippen molar-refractivity contribution in [2.75, 3.05) is 6.54 Å². The normalized spacial score (nSPS) is 10.7. The first kappa shape index (κ1) is 12.4. The van der Waals surface area contributed by atoms with E-state index in [1.807, 2.05) is 19.1 Å². The number of carbonyl (C=O) groups excluding carboxylic acids is 1. The Hall–Kier alpha value is -1.71. The SMILES string of the molecule is C/C=C/CCNC(=O)c1ccc(F)c(F)c1. The Kier molecular flexibility index (Phi) is 4.64. The van der Waals surface area contributed by atoms with Crippen LogP contribution in [0.3, 0.4) is 0 Å². The molecule has 1 aromatic rings. The predicted molar refractivity (Wildman–Crippen MR) is 58.1 cm³/mol. The van der Waals surface area contributed by atoms with Gasteiger partial charge in [0.25, 0.3) is 5.91 Å². The van der Waals surface area contributed by atoms with Gasteiger partial charge in [-0.25, -0.2) is 8.78 Å². The zero-order chi connectivity index (χ0) is 12.0. The summed E-state index contributed by atoms with van der Waals surface area (Å²) in [4.78, 5) is 11.4. The second kappa shape index (κ2) is 6.00. The van der Waals surface area contributed by atoms with Gasteiger partial charge in [-0.1, -0.05) is 12.2 Å². The van der Waals surface area contributed by atoms with Gasteiger partial charge >= 0.3 is 0 Å². The maximum absolute atomic E-state index is 12.8. The third kappa shape index (κ3) is 3.46. The predicted octanol–water partition coefficient (Wildman–Crippen LogP) is 2.66. The Balaban J connectivity index is 2.56. The first-order valence-electron chi connectivity index (χ1n) is 4.99. The van der Waals surface area contributed by atoms with Crippen molar-refractivity contribution in [1.29, 1.82) is 0 Å². The van der Waals surface area contributed by atoms with Gasteiger partial charge in [0.1, 0.15) is 0 Å². The molecule has 0 aliphatic heterocycles. The van der Waals surface area contributed by atoms with Crippen LogP contribution in [0.15, 0.2) is 30.4 Å². The quantitative estimate of drug-likeness (QED) is 0.619. The Bertz CT molecular complexity index is 402. The van der Waals surface area contributed by atoms with Gasteiger partial charge in [-0.15, -0.1) is 0 Å². The van der Waals surface area contributed by atoms with Crippen molar-refractivity contribution in [1.82, 2.24) is 5.32 Å². The second-order valence-electron chi connectivity index (χ2n) is 3.24. The number of carbonyl (C=O) groups is 1. The van der Waals surface area contributed by atoms with Crippen LogP contribution in [0.2, 0.25) is 0 Å². The van der Waals surface area contributed by atoms with Crippen molar-refractivity contribution in [3.8, 4) is 0 Å². The summed E-state index contributed by atoms with van der Waals surface area (Å²) in [5.74, 6) is -2.37. The maximum atomic E-state index is 12.8. The molecule has 2 nitrogen and oxygen atoms in total. The highest BCUT2D eigenvalue weighted by atomic mass is 19.2. The number of rotatable bonds is 4. The number of benzene rings is 1. The Morgan fingerprint density at radius 2 is 2.12 bits per heavy atom. The molecule has 0 fully saturated rings. The summed E-state index contributed by atoms with van der Waals surface area (Å²) in [6.45, 7) is 2.36. The second-order valence-corrected chi connectivity index (χ2v) is 3.24. The van der Waals surface area contributed by atoms with Crippen LogP contribution in [0.5, 0.6) is 0 Å². The third-order valence-corrected chi connectivity index (χ3v) is 2.01. The summed E-state index contributed by atoms with van der Waals surface area (Å²) in [6.07, 6.45) is 4.50. The van der Waals surface area contributed by atoms with E-state index in [0.717, 1.165) is 12.1 Å². The summed E-state index contributed by atoms with van der Waals surface area (Å²) in [5.41, 5.74) is 0.124. The maximum Gasteiger partial charge on any atom is 0.251 e. The van der Waals surface area contributed by atoms with Crippen molar-refractivity contribution in [2.24, 2.45) is 0 Å². The van der Waals surface area contributed by atoms with E-state index in [1.54, 1.807) is 0 Å². The largest absolute Gasteiger partial charge is 0.352 e.